The summed E-state index contributed by atoms with van der Waals surface area (Å²) in [6.45, 7) is 2.22. The minimum atomic E-state index is -3.09. The lowest BCUT2D eigenvalue weighted by molar-refractivity contribution is -0.148. The van der Waals surface area contributed by atoms with Crippen LogP contribution < -0.4 is 0 Å². The molecule has 1 heterocycles. The van der Waals surface area contributed by atoms with E-state index in [0.717, 1.165) is 0 Å². The lowest BCUT2D eigenvalue weighted by Gasteiger charge is -2.23. The number of nitrogens with zero attached hydrogens (tertiary/aromatic N) is 1. The number of methoxy groups -OCH3 is 1. The molecule has 1 rings (SSSR count). The first-order valence-electron chi connectivity index (χ1n) is 5.95. The molecule has 1 atom stereocenters. The molecule has 1 aliphatic heterocycles. The highest BCUT2D eigenvalue weighted by atomic mass is 32.2. The number of hydrogen-bond donors (Lipinski definition) is 0. The van der Waals surface area contributed by atoms with Crippen LogP contribution in [0.3, 0.4) is 0 Å². The summed E-state index contributed by atoms with van der Waals surface area (Å²) in [5.74, 6) is -1.30. The van der Waals surface area contributed by atoms with Crippen molar-refractivity contribution >= 4 is 21.7 Å². The quantitative estimate of drug-likeness (QED) is 0.652. The maximum atomic E-state index is 12.1. The predicted molar refractivity (Wildman–Crippen MR) is 65.6 cm³/mol. The van der Waals surface area contributed by atoms with Gasteiger partial charge in [-0.1, -0.05) is 6.92 Å². The minimum absolute atomic E-state index is 0.0571. The van der Waals surface area contributed by atoms with Gasteiger partial charge in [-0.15, -0.1) is 0 Å². The smallest absolute Gasteiger partial charge is 0.325 e. The van der Waals surface area contributed by atoms with Crippen LogP contribution in [0.4, 0.5) is 0 Å². The van der Waals surface area contributed by atoms with Crippen molar-refractivity contribution in [2.45, 2.75) is 19.8 Å². The van der Waals surface area contributed by atoms with Gasteiger partial charge in [-0.3, -0.25) is 9.59 Å². The van der Waals surface area contributed by atoms with Crippen LogP contribution >= 0.6 is 0 Å². The zero-order chi connectivity index (χ0) is 13.8. The van der Waals surface area contributed by atoms with Gasteiger partial charge in [0.15, 0.2) is 9.84 Å². The van der Waals surface area contributed by atoms with Crippen LogP contribution in [0.15, 0.2) is 0 Å². The highest BCUT2D eigenvalue weighted by Crippen LogP contribution is 2.20. The average Bonchev–Trinajstić information content (AvgIpc) is 2.68. The second-order valence-electron chi connectivity index (χ2n) is 4.44. The fourth-order valence-corrected chi connectivity index (χ4v) is 3.74. The van der Waals surface area contributed by atoms with Crippen LogP contribution in [0, 0.1) is 5.92 Å². The molecule has 1 fully saturated rings. The summed E-state index contributed by atoms with van der Waals surface area (Å²) in [5.41, 5.74) is 0. The van der Waals surface area contributed by atoms with E-state index in [9.17, 15) is 18.0 Å². The lowest BCUT2D eigenvalue weighted by Crippen LogP contribution is -2.40. The van der Waals surface area contributed by atoms with Crippen molar-refractivity contribution in [3.8, 4) is 0 Å². The van der Waals surface area contributed by atoms with Crippen LogP contribution in [0.5, 0.6) is 0 Å². The Morgan fingerprint density at radius 1 is 1.39 bits per heavy atom. The average molecular weight is 277 g/mol. The predicted octanol–water partition coefficient (Wildman–Crippen LogP) is -0.167. The number of carbonyl (C=O) groups is 2. The molecule has 0 spiro atoms. The Labute approximate surface area is 107 Å². The monoisotopic (exact) mass is 277 g/mol. The largest absolute Gasteiger partial charge is 0.468 e. The lowest BCUT2D eigenvalue weighted by atomic mass is 10.1. The zero-order valence-electron chi connectivity index (χ0n) is 10.7. The van der Waals surface area contributed by atoms with Gasteiger partial charge in [-0.2, -0.15) is 0 Å². The van der Waals surface area contributed by atoms with Crippen LogP contribution in [0.25, 0.3) is 0 Å². The Balaban J connectivity index is 2.68. The van der Waals surface area contributed by atoms with Crippen molar-refractivity contribution in [2.75, 3.05) is 31.7 Å². The van der Waals surface area contributed by atoms with E-state index in [2.05, 4.69) is 4.74 Å². The van der Waals surface area contributed by atoms with Crippen molar-refractivity contribution in [1.29, 1.82) is 0 Å². The topological polar surface area (TPSA) is 80.8 Å². The van der Waals surface area contributed by atoms with Crippen molar-refractivity contribution in [1.82, 2.24) is 4.90 Å². The van der Waals surface area contributed by atoms with Gasteiger partial charge in [0.2, 0.25) is 5.91 Å². The normalized spacial score (nSPS) is 21.6. The van der Waals surface area contributed by atoms with E-state index < -0.39 is 21.7 Å². The van der Waals surface area contributed by atoms with Crippen LogP contribution in [0.1, 0.15) is 19.8 Å². The maximum absolute atomic E-state index is 12.1. The maximum Gasteiger partial charge on any atom is 0.325 e. The Kier molecular flexibility index (Phi) is 5.13. The van der Waals surface area contributed by atoms with E-state index in [-0.39, 0.29) is 24.0 Å². The first-order chi connectivity index (χ1) is 8.39. The molecule has 0 aliphatic carbocycles. The molecule has 7 heteroatoms. The van der Waals surface area contributed by atoms with E-state index in [0.29, 0.717) is 19.4 Å². The summed E-state index contributed by atoms with van der Waals surface area (Å²) in [7, 11) is -1.83. The van der Waals surface area contributed by atoms with Crippen molar-refractivity contribution in [3.05, 3.63) is 0 Å². The number of hydrogen-bond acceptors (Lipinski definition) is 5. The van der Waals surface area contributed by atoms with E-state index in [1.165, 1.54) is 12.0 Å². The molecule has 1 aliphatic rings. The molecular weight excluding hydrogens is 258 g/mol. The highest BCUT2D eigenvalue weighted by Gasteiger charge is 2.35. The molecule has 0 radical (unpaired) electrons. The molecule has 18 heavy (non-hydrogen) atoms. The number of sulfone groups is 1. The second-order valence-corrected chi connectivity index (χ2v) is 6.66. The molecule has 0 bridgehead atoms. The molecule has 1 amide bonds. The number of ether oxygens (including phenoxy) is 1. The molecule has 1 saturated heterocycles. The van der Waals surface area contributed by atoms with Crippen molar-refractivity contribution in [3.63, 3.8) is 0 Å². The third-order valence-electron chi connectivity index (χ3n) is 2.93. The van der Waals surface area contributed by atoms with E-state index in [1.54, 1.807) is 0 Å². The summed E-state index contributed by atoms with van der Waals surface area (Å²) in [6, 6.07) is 0. The summed E-state index contributed by atoms with van der Waals surface area (Å²) in [4.78, 5) is 24.7. The van der Waals surface area contributed by atoms with Gasteiger partial charge in [0.25, 0.3) is 0 Å². The second kappa shape index (κ2) is 6.17. The molecule has 0 aromatic carbocycles. The standard InChI is InChI=1S/C11H19NO5S/c1-3-5-12(7-10(13)17-2)11(14)9-4-6-18(15,16)8-9/h9H,3-8H2,1-2H3. The highest BCUT2D eigenvalue weighted by molar-refractivity contribution is 7.91. The van der Waals surface area contributed by atoms with Gasteiger partial charge in [-0.25, -0.2) is 8.42 Å². The Bertz CT molecular complexity index is 417. The first-order valence-corrected chi connectivity index (χ1v) is 7.77. The molecule has 1 unspecified atom stereocenters. The fraction of sp³-hybridized carbons (Fsp3) is 0.818. The van der Waals surface area contributed by atoms with Gasteiger partial charge in [0.1, 0.15) is 6.54 Å². The third kappa shape index (κ3) is 3.97. The van der Waals surface area contributed by atoms with Gasteiger partial charge in [0, 0.05) is 6.54 Å². The molecule has 0 N–H and O–H groups in total. The molecule has 0 aromatic heterocycles. The molecule has 0 aromatic rings. The summed E-state index contributed by atoms with van der Waals surface area (Å²) >= 11 is 0. The van der Waals surface area contributed by atoms with Crippen LogP contribution in [0.2, 0.25) is 0 Å². The molecule has 0 saturated carbocycles. The zero-order valence-corrected chi connectivity index (χ0v) is 11.5. The number of carbonyl (C=O) groups excluding carboxylic acids is 2. The molecule has 6 nitrogen and oxygen atoms in total. The minimum Gasteiger partial charge on any atom is -0.468 e. The third-order valence-corrected chi connectivity index (χ3v) is 4.70. The van der Waals surface area contributed by atoms with E-state index >= 15 is 0 Å². The molecule has 104 valence electrons. The van der Waals surface area contributed by atoms with E-state index in [4.69, 9.17) is 0 Å². The van der Waals surface area contributed by atoms with Crippen molar-refractivity contribution < 1.29 is 22.7 Å². The van der Waals surface area contributed by atoms with Crippen molar-refractivity contribution in [2.24, 2.45) is 5.92 Å². The van der Waals surface area contributed by atoms with Gasteiger partial charge < -0.3 is 9.64 Å². The molecular formula is C11H19NO5S. The summed E-state index contributed by atoms with van der Waals surface area (Å²) in [6.07, 6.45) is 1.06. The Hall–Kier alpha value is -1.11. The van der Waals surface area contributed by atoms with Crippen LogP contribution in [-0.2, 0) is 24.2 Å². The number of esters is 1. The Morgan fingerprint density at radius 3 is 2.50 bits per heavy atom. The number of rotatable bonds is 5. The van der Waals surface area contributed by atoms with Crippen LogP contribution in [-0.4, -0.2) is 56.9 Å². The summed E-state index contributed by atoms with van der Waals surface area (Å²) < 4.78 is 27.2. The SMILES string of the molecule is CCCN(CC(=O)OC)C(=O)C1CCS(=O)(=O)C1. The fourth-order valence-electron chi connectivity index (χ4n) is 2.01. The van der Waals surface area contributed by atoms with Gasteiger partial charge in [-0.05, 0) is 12.8 Å². The first kappa shape index (κ1) is 14.9. The van der Waals surface area contributed by atoms with Gasteiger partial charge >= 0.3 is 5.97 Å². The van der Waals surface area contributed by atoms with E-state index in [1.807, 2.05) is 6.92 Å². The van der Waals surface area contributed by atoms with Gasteiger partial charge in [0.05, 0.1) is 24.5 Å². The number of amides is 1. The Morgan fingerprint density at radius 2 is 2.06 bits per heavy atom. The summed E-state index contributed by atoms with van der Waals surface area (Å²) in [5, 5.41) is 0.